The Morgan fingerprint density at radius 1 is 1.21 bits per heavy atom. The smallest absolute Gasteiger partial charge is 0.245 e. The topological polar surface area (TPSA) is 30.7 Å². The monoisotopic (exact) mass is 381 g/mol. The van der Waals surface area contributed by atoms with Crippen LogP contribution in [0.3, 0.4) is 0 Å². The van der Waals surface area contributed by atoms with Crippen LogP contribution in [0.4, 0.5) is 13.2 Å². The molecule has 0 spiro atoms. The Morgan fingerprint density at radius 3 is 2.37 bits per heavy atom. The largest absolute Gasteiger partial charge is 0.453 e. The van der Waals surface area contributed by atoms with Gasteiger partial charge in [-0.15, -0.1) is 5.10 Å². The molecule has 0 N–H and O–H groups in total. The van der Waals surface area contributed by atoms with Gasteiger partial charge in [0.15, 0.2) is 5.82 Å². The van der Waals surface area contributed by atoms with Gasteiger partial charge < -0.3 is 0 Å². The van der Waals surface area contributed by atoms with E-state index in [4.69, 9.17) is 0 Å². The third-order valence-corrected chi connectivity index (χ3v) is 3.18. The lowest BCUT2D eigenvalue weighted by Crippen LogP contribution is -2.09. The molecule has 3 nitrogen and oxygen atoms in total. The van der Waals surface area contributed by atoms with E-state index in [9.17, 15) is 13.2 Å². The number of hydrogen-bond acceptors (Lipinski definition) is 2. The fourth-order valence-electron chi connectivity index (χ4n) is 1.64. The minimum atomic E-state index is -4.52. The molecule has 0 unspecified atom stereocenters. The van der Waals surface area contributed by atoms with Crippen molar-refractivity contribution >= 4 is 22.6 Å². The van der Waals surface area contributed by atoms with Gasteiger partial charge in [0.1, 0.15) is 0 Å². The lowest BCUT2D eigenvalue weighted by Gasteiger charge is -2.03. The van der Waals surface area contributed by atoms with Gasteiger partial charge in [-0.1, -0.05) is 19.1 Å². The quantitative estimate of drug-likeness (QED) is 0.754. The molecule has 19 heavy (non-hydrogen) atoms. The maximum absolute atomic E-state index is 12.7. The second-order valence-corrected chi connectivity index (χ2v) is 5.23. The molecule has 0 aliphatic heterocycles. The maximum atomic E-state index is 12.7. The molecule has 1 aromatic heterocycles. The molecule has 0 saturated heterocycles. The number of nitrogens with zero attached hydrogens (tertiary/aromatic N) is 3. The summed E-state index contributed by atoms with van der Waals surface area (Å²) < 4.78 is 40.3. The summed E-state index contributed by atoms with van der Waals surface area (Å²) in [6, 6.07) is 7.15. The van der Waals surface area contributed by atoms with Crippen molar-refractivity contribution in [2.75, 3.05) is 0 Å². The highest BCUT2D eigenvalue weighted by atomic mass is 127. The van der Waals surface area contributed by atoms with Crippen molar-refractivity contribution < 1.29 is 13.2 Å². The van der Waals surface area contributed by atoms with Crippen molar-refractivity contribution in [1.29, 1.82) is 0 Å². The van der Waals surface area contributed by atoms with Crippen LogP contribution in [0.25, 0.3) is 11.4 Å². The first-order valence-electron chi connectivity index (χ1n) is 5.70. The van der Waals surface area contributed by atoms with Crippen LogP contribution in [0.2, 0.25) is 0 Å². The first-order chi connectivity index (χ1) is 8.91. The highest BCUT2D eigenvalue weighted by molar-refractivity contribution is 14.1. The van der Waals surface area contributed by atoms with Gasteiger partial charge in [-0.05, 0) is 41.1 Å². The van der Waals surface area contributed by atoms with E-state index in [1.54, 1.807) is 12.1 Å². The van der Waals surface area contributed by atoms with Crippen LogP contribution in [0.5, 0.6) is 0 Å². The number of halogens is 4. The molecule has 0 saturated carbocycles. The number of alkyl halides is 3. The van der Waals surface area contributed by atoms with E-state index < -0.39 is 12.0 Å². The van der Waals surface area contributed by atoms with Crippen LogP contribution < -0.4 is 0 Å². The maximum Gasteiger partial charge on any atom is 0.453 e. The van der Waals surface area contributed by atoms with Crippen molar-refractivity contribution in [3.63, 3.8) is 0 Å². The zero-order valence-corrected chi connectivity index (χ0v) is 12.2. The first kappa shape index (κ1) is 14.3. The van der Waals surface area contributed by atoms with Gasteiger partial charge >= 0.3 is 6.18 Å². The van der Waals surface area contributed by atoms with Gasteiger partial charge in [0.2, 0.25) is 0 Å². The molecular formula is C12H11F3IN3. The molecular weight excluding hydrogens is 370 g/mol. The van der Waals surface area contributed by atoms with Gasteiger partial charge in [0.25, 0.3) is 5.82 Å². The Hall–Kier alpha value is -1.12. The highest BCUT2D eigenvalue weighted by Crippen LogP contribution is 2.29. The second-order valence-electron chi connectivity index (χ2n) is 3.99. The van der Waals surface area contributed by atoms with E-state index in [-0.39, 0.29) is 5.82 Å². The Bertz CT molecular complexity index is 561. The molecule has 0 radical (unpaired) electrons. The average Bonchev–Trinajstić information content (AvgIpc) is 2.74. The summed E-state index contributed by atoms with van der Waals surface area (Å²) in [6.07, 6.45) is -3.82. The van der Waals surface area contributed by atoms with Gasteiger partial charge in [0.05, 0.1) is 0 Å². The molecule has 0 bridgehead atoms. The molecule has 0 atom stereocenters. The lowest BCUT2D eigenvalue weighted by molar-refractivity contribution is -0.145. The van der Waals surface area contributed by atoms with Crippen molar-refractivity contribution in [2.45, 2.75) is 26.1 Å². The van der Waals surface area contributed by atoms with E-state index in [1.165, 1.54) is 4.68 Å². The lowest BCUT2D eigenvalue weighted by atomic mass is 10.2. The highest BCUT2D eigenvalue weighted by Gasteiger charge is 2.37. The molecule has 102 valence electrons. The summed E-state index contributed by atoms with van der Waals surface area (Å²) in [4.78, 5) is 3.62. The van der Waals surface area contributed by atoms with Crippen LogP contribution in [-0.4, -0.2) is 14.8 Å². The van der Waals surface area contributed by atoms with Crippen LogP contribution in [0.15, 0.2) is 24.3 Å². The van der Waals surface area contributed by atoms with Crippen LogP contribution in [0.1, 0.15) is 19.2 Å². The Kier molecular flexibility index (Phi) is 4.12. The number of benzene rings is 1. The SMILES string of the molecule is CCCn1nc(C(F)(F)F)nc1-c1ccc(I)cc1. The molecule has 0 fully saturated rings. The molecule has 1 heterocycles. The van der Waals surface area contributed by atoms with E-state index in [1.807, 2.05) is 19.1 Å². The fraction of sp³-hybridized carbons (Fsp3) is 0.333. The fourth-order valence-corrected chi connectivity index (χ4v) is 2.00. The molecule has 1 aromatic carbocycles. The third-order valence-electron chi connectivity index (χ3n) is 2.46. The molecule has 0 aliphatic rings. The standard InChI is InChI=1S/C12H11F3IN3/c1-2-7-19-10(8-3-5-9(16)6-4-8)17-11(18-19)12(13,14)15/h3-6H,2,7H2,1H3. The minimum absolute atomic E-state index is 0.255. The van der Waals surface area contributed by atoms with E-state index in [0.717, 1.165) is 3.57 Å². The first-order valence-corrected chi connectivity index (χ1v) is 6.77. The minimum Gasteiger partial charge on any atom is -0.245 e. The van der Waals surface area contributed by atoms with E-state index in [2.05, 4.69) is 32.7 Å². The predicted molar refractivity (Wildman–Crippen MR) is 73.5 cm³/mol. The number of aryl methyl sites for hydroxylation is 1. The summed E-state index contributed by atoms with van der Waals surface area (Å²) in [5.41, 5.74) is 0.636. The second kappa shape index (κ2) is 5.48. The van der Waals surface area contributed by atoms with Crippen molar-refractivity contribution in [1.82, 2.24) is 14.8 Å². The Morgan fingerprint density at radius 2 is 1.84 bits per heavy atom. The number of aromatic nitrogens is 3. The predicted octanol–water partition coefficient (Wildman–Crippen LogP) is 3.98. The van der Waals surface area contributed by atoms with Crippen molar-refractivity contribution in [3.05, 3.63) is 33.7 Å². The van der Waals surface area contributed by atoms with Gasteiger partial charge in [-0.25, -0.2) is 9.67 Å². The summed E-state index contributed by atoms with van der Waals surface area (Å²) in [6.45, 7) is 2.29. The van der Waals surface area contributed by atoms with Gasteiger partial charge in [0, 0.05) is 15.7 Å². The van der Waals surface area contributed by atoms with Crippen molar-refractivity contribution in [2.24, 2.45) is 0 Å². The van der Waals surface area contributed by atoms with E-state index in [0.29, 0.717) is 18.5 Å². The Labute approximate surface area is 122 Å². The van der Waals surface area contributed by atoms with Crippen LogP contribution in [0, 0.1) is 3.57 Å². The summed E-state index contributed by atoms with van der Waals surface area (Å²) in [5, 5.41) is 3.55. The zero-order valence-electron chi connectivity index (χ0n) is 10.1. The van der Waals surface area contributed by atoms with Gasteiger partial charge in [-0.3, -0.25) is 0 Å². The van der Waals surface area contributed by atoms with Crippen molar-refractivity contribution in [3.8, 4) is 11.4 Å². The molecule has 0 amide bonds. The molecule has 2 aromatic rings. The van der Waals surface area contributed by atoms with Gasteiger partial charge in [-0.2, -0.15) is 13.2 Å². The molecule has 2 rings (SSSR count). The summed E-state index contributed by atoms with van der Waals surface area (Å²) in [7, 11) is 0. The zero-order chi connectivity index (χ0) is 14.0. The Balaban J connectivity index is 2.48. The summed E-state index contributed by atoms with van der Waals surface area (Å²) >= 11 is 2.14. The number of hydrogen-bond donors (Lipinski definition) is 0. The third kappa shape index (κ3) is 3.26. The van der Waals surface area contributed by atoms with Crippen LogP contribution >= 0.6 is 22.6 Å². The molecule has 7 heteroatoms. The summed E-state index contributed by atoms with van der Waals surface area (Å²) in [5.74, 6) is -0.833. The van der Waals surface area contributed by atoms with Crippen LogP contribution in [-0.2, 0) is 12.7 Å². The normalized spacial score (nSPS) is 11.8. The molecule has 0 aliphatic carbocycles. The number of rotatable bonds is 3. The van der Waals surface area contributed by atoms with E-state index >= 15 is 0 Å². The average molecular weight is 381 g/mol.